The van der Waals surface area contributed by atoms with Crippen LogP contribution in [0.3, 0.4) is 0 Å². The van der Waals surface area contributed by atoms with E-state index >= 15 is 0 Å². The van der Waals surface area contributed by atoms with Gasteiger partial charge >= 0.3 is 0 Å². The molecule has 1 aromatic rings. The number of rotatable bonds is 6. The highest BCUT2D eigenvalue weighted by Crippen LogP contribution is 2.05. The number of carbonyl (C=O) groups excluding carboxylic acids is 1. The Morgan fingerprint density at radius 3 is 2.65 bits per heavy atom. The second-order valence-corrected chi connectivity index (χ2v) is 4.56. The van der Waals surface area contributed by atoms with E-state index in [2.05, 4.69) is 37.5 Å². The van der Waals surface area contributed by atoms with E-state index in [1.807, 2.05) is 18.2 Å². The fourth-order valence-corrected chi connectivity index (χ4v) is 1.57. The molecular formula is C14H22N2O. The SMILES string of the molecule is Cc1ccccc1CNC(=O)CCNC(C)C. The molecule has 0 unspecified atom stereocenters. The van der Waals surface area contributed by atoms with Gasteiger partial charge in [0.15, 0.2) is 0 Å². The minimum absolute atomic E-state index is 0.0985. The predicted octanol–water partition coefficient (Wildman–Crippen LogP) is 2.00. The number of hydrogen-bond donors (Lipinski definition) is 2. The third-order valence-corrected chi connectivity index (χ3v) is 2.64. The van der Waals surface area contributed by atoms with Crippen LogP contribution < -0.4 is 10.6 Å². The number of aryl methyl sites for hydroxylation is 1. The molecule has 1 amide bonds. The molecule has 0 aliphatic heterocycles. The van der Waals surface area contributed by atoms with Gasteiger partial charge in [0.05, 0.1) is 0 Å². The molecule has 3 nitrogen and oxygen atoms in total. The van der Waals surface area contributed by atoms with Gasteiger partial charge in [-0.2, -0.15) is 0 Å². The zero-order chi connectivity index (χ0) is 12.7. The first kappa shape index (κ1) is 13.7. The second kappa shape index (κ2) is 7.07. The van der Waals surface area contributed by atoms with Gasteiger partial charge in [-0.15, -0.1) is 0 Å². The largest absolute Gasteiger partial charge is 0.352 e. The summed E-state index contributed by atoms with van der Waals surface area (Å²) in [5, 5.41) is 6.16. The summed E-state index contributed by atoms with van der Waals surface area (Å²) in [6.45, 7) is 7.56. The molecule has 0 radical (unpaired) electrons. The maximum Gasteiger partial charge on any atom is 0.221 e. The van der Waals surface area contributed by atoms with E-state index in [0.717, 1.165) is 6.54 Å². The average molecular weight is 234 g/mol. The smallest absolute Gasteiger partial charge is 0.221 e. The number of carbonyl (C=O) groups is 1. The van der Waals surface area contributed by atoms with Gasteiger partial charge in [-0.05, 0) is 18.1 Å². The van der Waals surface area contributed by atoms with E-state index in [9.17, 15) is 4.79 Å². The monoisotopic (exact) mass is 234 g/mol. The van der Waals surface area contributed by atoms with Gasteiger partial charge in [-0.25, -0.2) is 0 Å². The third kappa shape index (κ3) is 5.50. The Balaban J connectivity index is 2.26. The Morgan fingerprint density at radius 2 is 2.00 bits per heavy atom. The van der Waals surface area contributed by atoms with Gasteiger partial charge in [0.2, 0.25) is 5.91 Å². The molecule has 0 bridgehead atoms. The maximum atomic E-state index is 11.6. The molecular weight excluding hydrogens is 212 g/mol. The van der Waals surface area contributed by atoms with Crippen LogP contribution in [0.15, 0.2) is 24.3 Å². The fraction of sp³-hybridized carbons (Fsp3) is 0.500. The predicted molar refractivity (Wildman–Crippen MR) is 70.8 cm³/mol. The zero-order valence-corrected chi connectivity index (χ0v) is 10.9. The van der Waals surface area contributed by atoms with Gasteiger partial charge < -0.3 is 10.6 Å². The van der Waals surface area contributed by atoms with Crippen molar-refractivity contribution < 1.29 is 4.79 Å². The van der Waals surface area contributed by atoms with Crippen molar-refractivity contribution in [2.75, 3.05) is 6.54 Å². The molecule has 0 spiro atoms. The fourth-order valence-electron chi connectivity index (χ4n) is 1.57. The number of amides is 1. The second-order valence-electron chi connectivity index (χ2n) is 4.56. The van der Waals surface area contributed by atoms with E-state index < -0.39 is 0 Å². The maximum absolute atomic E-state index is 11.6. The Kier molecular flexibility index (Phi) is 5.70. The molecule has 0 saturated heterocycles. The van der Waals surface area contributed by atoms with Crippen LogP contribution in [0.2, 0.25) is 0 Å². The van der Waals surface area contributed by atoms with Gasteiger partial charge in [0.1, 0.15) is 0 Å². The van der Waals surface area contributed by atoms with Gasteiger partial charge in [-0.1, -0.05) is 38.1 Å². The van der Waals surface area contributed by atoms with Crippen LogP contribution >= 0.6 is 0 Å². The summed E-state index contributed by atoms with van der Waals surface area (Å²) in [6, 6.07) is 8.53. The minimum Gasteiger partial charge on any atom is -0.352 e. The van der Waals surface area contributed by atoms with Crippen molar-refractivity contribution in [3.8, 4) is 0 Å². The van der Waals surface area contributed by atoms with Crippen molar-refractivity contribution in [2.45, 2.75) is 39.8 Å². The number of nitrogens with one attached hydrogen (secondary N) is 2. The molecule has 0 atom stereocenters. The lowest BCUT2D eigenvalue weighted by atomic mass is 10.1. The summed E-state index contributed by atoms with van der Waals surface area (Å²) in [7, 11) is 0. The van der Waals surface area contributed by atoms with Crippen LogP contribution in [0.4, 0.5) is 0 Å². The molecule has 94 valence electrons. The van der Waals surface area contributed by atoms with Gasteiger partial charge in [0.25, 0.3) is 0 Å². The molecule has 0 aliphatic rings. The molecule has 0 aliphatic carbocycles. The van der Waals surface area contributed by atoms with Crippen molar-refractivity contribution in [2.24, 2.45) is 0 Å². The van der Waals surface area contributed by atoms with Crippen LogP contribution in [0, 0.1) is 6.92 Å². The van der Waals surface area contributed by atoms with Crippen LogP contribution in [-0.4, -0.2) is 18.5 Å². The molecule has 0 saturated carbocycles. The Hall–Kier alpha value is -1.35. The Labute approximate surface area is 104 Å². The first-order chi connectivity index (χ1) is 8.09. The molecule has 2 N–H and O–H groups in total. The lowest BCUT2D eigenvalue weighted by Gasteiger charge is -2.09. The van der Waals surface area contributed by atoms with Crippen LogP contribution in [0.5, 0.6) is 0 Å². The average Bonchev–Trinajstić information content (AvgIpc) is 2.27. The molecule has 0 fully saturated rings. The number of hydrogen-bond acceptors (Lipinski definition) is 2. The lowest BCUT2D eigenvalue weighted by Crippen LogP contribution is -2.30. The Bertz CT molecular complexity index is 361. The van der Waals surface area contributed by atoms with Gasteiger partial charge in [-0.3, -0.25) is 4.79 Å². The normalized spacial score (nSPS) is 10.6. The van der Waals surface area contributed by atoms with Crippen molar-refractivity contribution in [3.63, 3.8) is 0 Å². The van der Waals surface area contributed by atoms with Crippen molar-refractivity contribution in [1.29, 1.82) is 0 Å². The minimum atomic E-state index is 0.0985. The van der Waals surface area contributed by atoms with Crippen LogP contribution in [0.25, 0.3) is 0 Å². The summed E-state index contributed by atoms with van der Waals surface area (Å²) in [4.78, 5) is 11.6. The summed E-state index contributed by atoms with van der Waals surface area (Å²) >= 11 is 0. The van der Waals surface area contributed by atoms with Gasteiger partial charge in [0, 0.05) is 25.6 Å². The Morgan fingerprint density at radius 1 is 1.29 bits per heavy atom. The topological polar surface area (TPSA) is 41.1 Å². The van der Waals surface area contributed by atoms with E-state index in [0.29, 0.717) is 19.0 Å². The van der Waals surface area contributed by atoms with E-state index in [1.54, 1.807) is 0 Å². The van der Waals surface area contributed by atoms with E-state index in [-0.39, 0.29) is 5.91 Å². The first-order valence-corrected chi connectivity index (χ1v) is 6.14. The lowest BCUT2D eigenvalue weighted by molar-refractivity contribution is -0.121. The molecule has 1 aromatic carbocycles. The summed E-state index contributed by atoms with van der Waals surface area (Å²) < 4.78 is 0. The summed E-state index contributed by atoms with van der Waals surface area (Å²) in [6.07, 6.45) is 0.532. The highest BCUT2D eigenvalue weighted by atomic mass is 16.1. The molecule has 1 rings (SSSR count). The third-order valence-electron chi connectivity index (χ3n) is 2.64. The van der Waals surface area contributed by atoms with E-state index in [1.165, 1.54) is 11.1 Å². The van der Waals surface area contributed by atoms with E-state index in [4.69, 9.17) is 0 Å². The number of benzene rings is 1. The summed E-state index contributed by atoms with van der Waals surface area (Å²) in [5.74, 6) is 0.0985. The molecule has 0 aromatic heterocycles. The van der Waals surface area contributed by atoms with Crippen molar-refractivity contribution >= 4 is 5.91 Å². The highest BCUT2D eigenvalue weighted by molar-refractivity contribution is 5.76. The molecule has 0 heterocycles. The van der Waals surface area contributed by atoms with Crippen molar-refractivity contribution in [3.05, 3.63) is 35.4 Å². The first-order valence-electron chi connectivity index (χ1n) is 6.14. The molecule has 3 heteroatoms. The van der Waals surface area contributed by atoms with Crippen molar-refractivity contribution in [1.82, 2.24) is 10.6 Å². The zero-order valence-electron chi connectivity index (χ0n) is 10.9. The standard InChI is InChI=1S/C14H22N2O/c1-11(2)15-9-8-14(17)16-10-13-7-5-4-6-12(13)3/h4-7,11,15H,8-10H2,1-3H3,(H,16,17). The molecule has 17 heavy (non-hydrogen) atoms. The van der Waals surface area contributed by atoms with Crippen LogP contribution in [-0.2, 0) is 11.3 Å². The van der Waals surface area contributed by atoms with Crippen LogP contribution in [0.1, 0.15) is 31.4 Å². The highest BCUT2D eigenvalue weighted by Gasteiger charge is 2.02. The summed E-state index contributed by atoms with van der Waals surface area (Å²) in [5.41, 5.74) is 2.39. The quantitative estimate of drug-likeness (QED) is 0.790.